The number of carboxylic acid groups (broad SMARTS) is 1. The fourth-order valence-electron chi connectivity index (χ4n) is 1.95. The lowest BCUT2D eigenvalue weighted by atomic mass is 10.2. The minimum Gasteiger partial charge on any atom is -0.478 e. The van der Waals surface area contributed by atoms with E-state index in [1.54, 1.807) is 17.4 Å². The predicted molar refractivity (Wildman–Crippen MR) is 73.5 cm³/mol. The van der Waals surface area contributed by atoms with Gasteiger partial charge in [-0.15, -0.1) is 11.3 Å². The van der Waals surface area contributed by atoms with Gasteiger partial charge in [-0.2, -0.15) is 0 Å². The van der Waals surface area contributed by atoms with Crippen LogP contribution in [0.25, 0.3) is 21.9 Å². The van der Waals surface area contributed by atoms with Crippen LogP contribution in [-0.4, -0.2) is 26.0 Å². The van der Waals surface area contributed by atoms with Crippen molar-refractivity contribution in [3.63, 3.8) is 0 Å². The molecule has 0 bridgehead atoms. The van der Waals surface area contributed by atoms with Gasteiger partial charge in [-0.05, 0) is 29.5 Å². The molecule has 3 aromatic rings. The molecule has 0 aliphatic rings. The third kappa shape index (κ3) is 2.00. The van der Waals surface area contributed by atoms with Crippen molar-refractivity contribution in [3.05, 3.63) is 34.8 Å². The first-order valence-electron chi connectivity index (χ1n) is 5.85. The van der Waals surface area contributed by atoms with Gasteiger partial charge >= 0.3 is 5.97 Å². The van der Waals surface area contributed by atoms with Crippen LogP contribution in [0.5, 0.6) is 0 Å². The van der Waals surface area contributed by atoms with E-state index in [2.05, 4.69) is 27.9 Å². The van der Waals surface area contributed by atoms with Crippen molar-refractivity contribution in [2.24, 2.45) is 0 Å². The van der Waals surface area contributed by atoms with Crippen molar-refractivity contribution in [2.75, 3.05) is 0 Å². The van der Waals surface area contributed by atoms with Gasteiger partial charge in [-0.1, -0.05) is 6.92 Å². The molecule has 6 heteroatoms. The number of pyridine rings is 1. The highest BCUT2D eigenvalue weighted by molar-refractivity contribution is 7.13. The Hall–Kier alpha value is -2.21. The summed E-state index contributed by atoms with van der Waals surface area (Å²) >= 11 is 1.62. The van der Waals surface area contributed by atoms with Gasteiger partial charge in [0.2, 0.25) is 0 Å². The van der Waals surface area contributed by atoms with Gasteiger partial charge in [0.05, 0.1) is 16.0 Å². The fourth-order valence-corrected chi connectivity index (χ4v) is 2.89. The molecule has 19 heavy (non-hydrogen) atoms. The quantitative estimate of drug-likeness (QED) is 0.769. The number of nitrogens with zero attached hydrogens (tertiary/aromatic N) is 2. The second-order valence-electron chi connectivity index (χ2n) is 4.11. The van der Waals surface area contributed by atoms with Crippen molar-refractivity contribution in [2.45, 2.75) is 13.3 Å². The summed E-state index contributed by atoms with van der Waals surface area (Å²) < 4.78 is 0. The van der Waals surface area contributed by atoms with Crippen LogP contribution in [0.1, 0.15) is 22.8 Å². The molecule has 3 aromatic heterocycles. The predicted octanol–water partition coefficient (Wildman–Crippen LogP) is 2.95. The maximum absolute atomic E-state index is 10.9. The van der Waals surface area contributed by atoms with Crippen LogP contribution in [0.2, 0.25) is 0 Å². The number of carbonyl (C=O) groups is 1. The lowest BCUT2D eigenvalue weighted by molar-refractivity contribution is 0.0696. The van der Waals surface area contributed by atoms with Crippen molar-refractivity contribution < 1.29 is 9.90 Å². The minimum atomic E-state index is -0.990. The number of aromatic amines is 1. The van der Waals surface area contributed by atoms with E-state index >= 15 is 0 Å². The van der Waals surface area contributed by atoms with Crippen LogP contribution >= 0.6 is 11.3 Å². The molecule has 0 atom stereocenters. The zero-order valence-electron chi connectivity index (χ0n) is 10.2. The zero-order chi connectivity index (χ0) is 13.4. The van der Waals surface area contributed by atoms with Gasteiger partial charge in [0.25, 0.3) is 0 Å². The standard InChI is InChI=1S/C13H11N3O2S/c1-2-7-3-4-19-10(7)12-15-9-5-8(13(17)18)6-14-11(9)16-12/h3-6H,2H2,1H3,(H,17,18)(H,14,15,16). The molecule has 0 unspecified atom stereocenters. The maximum Gasteiger partial charge on any atom is 0.337 e. The topological polar surface area (TPSA) is 78.9 Å². The summed E-state index contributed by atoms with van der Waals surface area (Å²) in [7, 11) is 0. The van der Waals surface area contributed by atoms with Crippen molar-refractivity contribution >= 4 is 28.5 Å². The Morgan fingerprint density at radius 2 is 2.37 bits per heavy atom. The van der Waals surface area contributed by atoms with E-state index in [-0.39, 0.29) is 5.56 Å². The number of fused-ring (bicyclic) bond motifs is 1. The lowest BCUT2D eigenvalue weighted by Crippen LogP contribution is -1.96. The van der Waals surface area contributed by atoms with Gasteiger partial charge in [0.1, 0.15) is 0 Å². The SMILES string of the molecule is CCc1ccsc1-c1nc2ncc(C(=O)O)cc2[nH]1. The minimum absolute atomic E-state index is 0.157. The molecule has 96 valence electrons. The number of hydrogen-bond acceptors (Lipinski definition) is 4. The first kappa shape index (κ1) is 11.9. The molecular weight excluding hydrogens is 262 g/mol. The summed E-state index contributed by atoms with van der Waals surface area (Å²) in [6.07, 6.45) is 2.26. The number of nitrogens with one attached hydrogen (secondary N) is 1. The summed E-state index contributed by atoms with van der Waals surface area (Å²) in [6, 6.07) is 3.63. The van der Waals surface area contributed by atoms with Crippen LogP contribution in [0.3, 0.4) is 0 Å². The number of hydrogen-bond donors (Lipinski definition) is 2. The van der Waals surface area contributed by atoms with Crippen molar-refractivity contribution in [1.82, 2.24) is 15.0 Å². The molecule has 5 nitrogen and oxygen atoms in total. The third-order valence-corrected chi connectivity index (χ3v) is 3.89. The second-order valence-corrected chi connectivity index (χ2v) is 5.03. The number of carboxylic acids is 1. The largest absolute Gasteiger partial charge is 0.478 e. The molecule has 3 rings (SSSR count). The Bertz CT molecular complexity index is 760. The summed E-state index contributed by atoms with van der Waals surface area (Å²) in [5.41, 5.74) is 2.56. The average molecular weight is 273 g/mol. The Kier molecular flexibility index (Phi) is 2.79. The number of H-pyrrole nitrogens is 1. The van der Waals surface area contributed by atoms with Crippen LogP contribution in [-0.2, 0) is 6.42 Å². The lowest BCUT2D eigenvalue weighted by Gasteiger charge is -1.95. The molecule has 3 heterocycles. The van der Waals surface area contributed by atoms with Crippen molar-refractivity contribution in [1.29, 1.82) is 0 Å². The fraction of sp³-hybridized carbons (Fsp3) is 0.154. The van der Waals surface area contributed by atoms with E-state index in [0.29, 0.717) is 11.2 Å². The Morgan fingerprint density at radius 3 is 3.11 bits per heavy atom. The van der Waals surface area contributed by atoms with Gasteiger partial charge in [0, 0.05) is 6.20 Å². The smallest absolute Gasteiger partial charge is 0.337 e. The maximum atomic E-state index is 10.9. The summed E-state index contributed by atoms with van der Waals surface area (Å²) in [6.45, 7) is 2.09. The molecule has 0 saturated heterocycles. The molecular formula is C13H11N3O2S. The number of aryl methyl sites for hydroxylation is 1. The summed E-state index contributed by atoms with van der Waals surface area (Å²) in [5.74, 6) is -0.243. The number of rotatable bonds is 3. The van der Waals surface area contributed by atoms with Gasteiger partial charge in [-0.25, -0.2) is 14.8 Å². The third-order valence-electron chi connectivity index (χ3n) is 2.93. The van der Waals surface area contributed by atoms with Gasteiger partial charge in [-0.3, -0.25) is 0 Å². The number of thiophene rings is 1. The van der Waals surface area contributed by atoms with Crippen LogP contribution < -0.4 is 0 Å². The highest BCUT2D eigenvalue weighted by Crippen LogP contribution is 2.29. The summed E-state index contributed by atoms with van der Waals surface area (Å²) in [4.78, 5) is 23.6. The van der Waals surface area contributed by atoms with Crippen LogP contribution in [0, 0.1) is 0 Å². The van der Waals surface area contributed by atoms with E-state index in [1.165, 1.54) is 11.8 Å². The molecule has 0 radical (unpaired) electrons. The second kappa shape index (κ2) is 4.47. The van der Waals surface area contributed by atoms with E-state index in [4.69, 9.17) is 5.11 Å². The van der Waals surface area contributed by atoms with E-state index in [0.717, 1.165) is 17.1 Å². The molecule has 0 aromatic carbocycles. The highest BCUT2D eigenvalue weighted by Gasteiger charge is 2.12. The van der Waals surface area contributed by atoms with Crippen molar-refractivity contribution in [3.8, 4) is 10.7 Å². The summed E-state index contributed by atoms with van der Waals surface area (Å²) in [5, 5.41) is 11.0. The molecule has 0 saturated carbocycles. The van der Waals surface area contributed by atoms with E-state index in [9.17, 15) is 4.79 Å². The van der Waals surface area contributed by atoms with E-state index in [1.807, 2.05) is 5.38 Å². The first-order valence-corrected chi connectivity index (χ1v) is 6.72. The molecule has 0 fully saturated rings. The molecule has 0 aliphatic carbocycles. The highest BCUT2D eigenvalue weighted by atomic mass is 32.1. The van der Waals surface area contributed by atoms with Crippen LogP contribution in [0.15, 0.2) is 23.7 Å². The number of imidazole rings is 1. The molecule has 0 aliphatic heterocycles. The van der Waals surface area contributed by atoms with Gasteiger partial charge in [0.15, 0.2) is 11.5 Å². The number of aromatic carboxylic acids is 1. The molecule has 0 amide bonds. The Balaban J connectivity index is 2.14. The molecule has 0 spiro atoms. The van der Waals surface area contributed by atoms with E-state index < -0.39 is 5.97 Å². The normalized spacial score (nSPS) is 11.0. The zero-order valence-corrected chi connectivity index (χ0v) is 11.0. The Labute approximate surface area is 113 Å². The number of aromatic nitrogens is 3. The monoisotopic (exact) mass is 273 g/mol. The molecule has 2 N–H and O–H groups in total. The Morgan fingerprint density at radius 1 is 1.53 bits per heavy atom. The first-order chi connectivity index (χ1) is 9.19. The average Bonchev–Trinajstić information content (AvgIpc) is 3.03. The van der Waals surface area contributed by atoms with Crippen LogP contribution in [0.4, 0.5) is 0 Å². The van der Waals surface area contributed by atoms with Gasteiger partial charge < -0.3 is 10.1 Å².